The van der Waals surface area contributed by atoms with Crippen molar-refractivity contribution < 1.29 is 14.2 Å². The van der Waals surface area contributed by atoms with Crippen LogP contribution in [0.15, 0.2) is 70.5 Å². The third-order valence-corrected chi connectivity index (χ3v) is 4.88. The van der Waals surface area contributed by atoms with Gasteiger partial charge in [-0.05, 0) is 41.5 Å². The number of aromatic nitrogens is 6. The van der Waals surface area contributed by atoms with E-state index in [9.17, 15) is 4.79 Å². The Kier molecular flexibility index (Phi) is 6.07. The van der Waals surface area contributed by atoms with Crippen molar-refractivity contribution in [3.8, 4) is 11.3 Å². The van der Waals surface area contributed by atoms with Crippen LogP contribution in [0.25, 0.3) is 22.6 Å². The number of nitrogens with one attached hydrogen (secondary N) is 3. The Morgan fingerprint density at radius 3 is 2.54 bits per heavy atom. The summed E-state index contributed by atoms with van der Waals surface area (Å²) in [5.41, 5.74) is 7.04. The van der Waals surface area contributed by atoms with Crippen molar-refractivity contribution in [3.63, 3.8) is 0 Å². The molecule has 0 unspecified atom stereocenters. The van der Waals surface area contributed by atoms with Gasteiger partial charge in [0.2, 0.25) is 11.3 Å². The van der Waals surface area contributed by atoms with Crippen LogP contribution in [0, 0.1) is 0 Å². The first-order chi connectivity index (χ1) is 17.2. The molecule has 3 heterocycles. The third kappa shape index (κ3) is 4.80. The SMILES string of the molecule is CCOC(=O)c1ccc(Nc2nc3nonc3nc2N/N=C/c2cn[nH]c2-c2ccccc2)cc1. The van der Waals surface area contributed by atoms with E-state index >= 15 is 0 Å². The van der Waals surface area contributed by atoms with Crippen LogP contribution in [0.2, 0.25) is 0 Å². The number of benzene rings is 2. The van der Waals surface area contributed by atoms with E-state index in [-0.39, 0.29) is 17.3 Å². The van der Waals surface area contributed by atoms with Gasteiger partial charge in [0.05, 0.1) is 30.3 Å². The first-order valence-corrected chi connectivity index (χ1v) is 10.6. The van der Waals surface area contributed by atoms with Gasteiger partial charge in [0, 0.05) is 16.8 Å². The van der Waals surface area contributed by atoms with E-state index in [2.05, 4.69) is 46.3 Å². The summed E-state index contributed by atoms with van der Waals surface area (Å²) in [4.78, 5) is 20.7. The van der Waals surface area contributed by atoms with E-state index < -0.39 is 0 Å². The molecule has 5 rings (SSSR count). The summed E-state index contributed by atoms with van der Waals surface area (Å²) in [5.74, 6) is 0.244. The zero-order chi connectivity index (χ0) is 24.0. The van der Waals surface area contributed by atoms with E-state index in [1.807, 2.05) is 30.3 Å². The minimum absolute atomic E-state index is 0.221. The van der Waals surface area contributed by atoms with Crippen LogP contribution in [-0.4, -0.2) is 49.3 Å². The summed E-state index contributed by atoms with van der Waals surface area (Å²) in [6.07, 6.45) is 3.30. The van der Waals surface area contributed by atoms with Crippen molar-refractivity contribution in [2.24, 2.45) is 5.10 Å². The molecular weight excluding hydrogens is 450 g/mol. The van der Waals surface area contributed by atoms with Crippen molar-refractivity contribution in [2.45, 2.75) is 6.92 Å². The van der Waals surface area contributed by atoms with Crippen molar-refractivity contribution in [3.05, 3.63) is 71.9 Å². The lowest BCUT2D eigenvalue weighted by Crippen LogP contribution is -2.05. The molecule has 3 N–H and O–H groups in total. The zero-order valence-electron chi connectivity index (χ0n) is 18.5. The maximum Gasteiger partial charge on any atom is 0.338 e. The van der Waals surface area contributed by atoms with Gasteiger partial charge in [-0.2, -0.15) is 15.2 Å². The van der Waals surface area contributed by atoms with Crippen LogP contribution in [0.5, 0.6) is 0 Å². The molecule has 0 atom stereocenters. The molecule has 0 aliphatic heterocycles. The maximum absolute atomic E-state index is 11.9. The first kappa shape index (κ1) is 21.7. The number of fused-ring (bicyclic) bond motifs is 1. The molecule has 0 saturated carbocycles. The van der Waals surface area contributed by atoms with E-state index in [1.165, 1.54) is 0 Å². The summed E-state index contributed by atoms with van der Waals surface area (Å²) in [5, 5.41) is 22.0. The van der Waals surface area contributed by atoms with Gasteiger partial charge in [-0.25, -0.2) is 14.4 Å². The quantitative estimate of drug-likeness (QED) is 0.174. The summed E-state index contributed by atoms with van der Waals surface area (Å²) >= 11 is 0. The minimum Gasteiger partial charge on any atom is -0.462 e. The van der Waals surface area contributed by atoms with E-state index in [4.69, 9.17) is 9.37 Å². The second-order valence-corrected chi connectivity index (χ2v) is 7.19. The molecular formula is C23H19N9O3. The molecule has 12 nitrogen and oxygen atoms in total. The van der Waals surface area contributed by atoms with Crippen molar-refractivity contribution in [1.29, 1.82) is 0 Å². The summed E-state index contributed by atoms with van der Waals surface area (Å²) in [7, 11) is 0. The number of esters is 1. The minimum atomic E-state index is -0.389. The molecule has 5 aromatic rings. The molecule has 12 heteroatoms. The van der Waals surface area contributed by atoms with Gasteiger partial charge in [0.1, 0.15) is 0 Å². The van der Waals surface area contributed by atoms with Crippen LogP contribution in [0.3, 0.4) is 0 Å². The number of nitrogens with zero attached hydrogens (tertiary/aromatic N) is 6. The van der Waals surface area contributed by atoms with Crippen LogP contribution < -0.4 is 10.7 Å². The molecule has 0 fully saturated rings. The Bertz CT molecular complexity index is 1480. The highest BCUT2D eigenvalue weighted by Gasteiger charge is 2.14. The standard InChI is InChI=1S/C23H19N9O3/c1-2-34-23(33)15-8-10-17(11-9-15)26-19-20(28-22-21(27-19)31-35-32-22)30-25-13-16-12-24-29-18(16)14-6-4-3-5-7-14/h3-13H,2H2,1H3,(H,24,29)(H,26,27,31)(H,28,30,32)/b25-13+. The van der Waals surface area contributed by atoms with Crippen molar-refractivity contribution >= 4 is 40.8 Å². The molecule has 35 heavy (non-hydrogen) atoms. The summed E-state index contributed by atoms with van der Waals surface area (Å²) in [6.45, 7) is 2.06. The molecule has 3 aromatic heterocycles. The predicted octanol–water partition coefficient (Wildman–Crippen LogP) is 3.77. The fourth-order valence-electron chi connectivity index (χ4n) is 3.24. The van der Waals surface area contributed by atoms with Crippen molar-refractivity contribution in [2.75, 3.05) is 17.3 Å². The highest BCUT2D eigenvalue weighted by Crippen LogP contribution is 2.24. The summed E-state index contributed by atoms with van der Waals surface area (Å²) in [6, 6.07) is 16.6. The molecule has 0 spiro atoms. The number of hydrogen-bond donors (Lipinski definition) is 3. The average Bonchev–Trinajstić information content (AvgIpc) is 3.54. The molecule has 0 amide bonds. The number of carbonyl (C=O) groups excluding carboxylic acids is 1. The van der Waals surface area contributed by atoms with Crippen LogP contribution in [0.1, 0.15) is 22.8 Å². The largest absolute Gasteiger partial charge is 0.462 e. The first-order valence-electron chi connectivity index (χ1n) is 10.6. The van der Waals surface area contributed by atoms with Gasteiger partial charge in [0.15, 0.2) is 11.6 Å². The van der Waals surface area contributed by atoms with Crippen LogP contribution >= 0.6 is 0 Å². The van der Waals surface area contributed by atoms with Gasteiger partial charge in [-0.3, -0.25) is 10.5 Å². The highest BCUT2D eigenvalue weighted by atomic mass is 16.6. The number of ether oxygens (including phenoxy) is 1. The van der Waals surface area contributed by atoms with E-state index in [1.54, 1.807) is 43.6 Å². The maximum atomic E-state index is 11.9. The monoisotopic (exact) mass is 469 g/mol. The molecule has 0 aliphatic carbocycles. The second-order valence-electron chi connectivity index (χ2n) is 7.19. The molecule has 0 saturated heterocycles. The lowest BCUT2D eigenvalue weighted by atomic mass is 10.1. The lowest BCUT2D eigenvalue weighted by Gasteiger charge is -2.10. The van der Waals surface area contributed by atoms with Gasteiger partial charge in [-0.1, -0.05) is 30.3 Å². The van der Waals surface area contributed by atoms with E-state index in [0.717, 1.165) is 16.8 Å². The molecule has 0 bridgehead atoms. The number of anilines is 3. The average molecular weight is 469 g/mol. The van der Waals surface area contributed by atoms with Gasteiger partial charge < -0.3 is 10.1 Å². The second kappa shape index (κ2) is 9.79. The molecule has 0 aliphatic rings. The smallest absolute Gasteiger partial charge is 0.338 e. The van der Waals surface area contributed by atoms with Gasteiger partial charge >= 0.3 is 5.97 Å². The van der Waals surface area contributed by atoms with Gasteiger partial charge in [0.25, 0.3) is 0 Å². The fraction of sp³-hybridized carbons (Fsp3) is 0.0870. The Morgan fingerprint density at radius 1 is 1.06 bits per heavy atom. The zero-order valence-corrected chi connectivity index (χ0v) is 18.5. The number of hydrazone groups is 1. The summed E-state index contributed by atoms with van der Waals surface area (Å²) < 4.78 is 9.75. The Labute approximate surface area is 198 Å². The molecule has 0 radical (unpaired) electrons. The van der Waals surface area contributed by atoms with Gasteiger partial charge in [-0.15, -0.1) is 0 Å². The van der Waals surface area contributed by atoms with Crippen molar-refractivity contribution in [1.82, 2.24) is 30.5 Å². The number of carbonyl (C=O) groups is 1. The van der Waals surface area contributed by atoms with E-state index in [0.29, 0.717) is 29.5 Å². The topological polar surface area (TPSA) is 156 Å². The third-order valence-electron chi connectivity index (χ3n) is 4.88. The lowest BCUT2D eigenvalue weighted by molar-refractivity contribution is 0.0526. The van der Waals surface area contributed by atoms with Crippen LogP contribution in [-0.2, 0) is 4.74 Å². The number of H-pyrrole nitrogens is 1. The molecule has 2 aromatic carbocycles. The number of hydrogen-bond acceptors (Lipinski definition) is 11. The highest BCUT2D eigenvalue weighted by molar-refractivity contribution is 5.90. The fourth-order valence-corrected chi connectivity index (χ4v) is 3.24. The molecule has 174 valence electrons. The Balaban J connectivity index is 1.38. The number of rotatable bonds is 8. The Morgan fingerprint density at radius 2 is 1.80 bits per heavy atom. The Hall–Kier alpha value is -5.13. The van der Waals surface area contributed by atoms with Crippen LogP contribution in [0.4, 0.5) is 17.3 Å². The number of aromatic amines is 1. The predicted molar refractivity (Wildman–Crippen MR) is 128 cm³/mol. The normalized spacial score (nSPS) is 11.1.